The first-order valence-electron chi connectivity index (χ1n) is 5.81. The van der Waals surface area contributed by atoms with Gasteiger partial charge in [0.25, 0.3) is 5.89 Å². The van der Waals surface area contributed by atoms with Crippen LogP contribution in [0.1, 0.15) is 50.4 Å². The molecule has 6 nitrogen and oxygen atoms in total. The Morgan fingerprint density at radius 1 is 1.47 bits per heavy atom. The van der Waals surface area contributed by atoms with Gasteiger partial charge in [0.05, 0.1) is 0 Å². The first kappa shape index (κ1) is 10.7. The van der Waals surface area contributed by atoms with Crippen LogP contribution in [0.3, 0.4) is 0 Å². The molecule has 1 saturated heterocycles. The molecule has 92 valence electrons. The third-order valence-electron chi connectivity index (χ3n) is 3.55. The van der Waals surface area contributed by atoms with E-state index in [0.29, 0.717) is 18.7 Å². The minimum absolute atomic E-state index is 0.0621. The number of aliphatic carboxylic acids is 1. The van der Waals surface area contributed by atoms with Crippen molar-refractivity contribution >= 4 is 5.97 Å². The van der Waals surface area contributed by atoms with Gasteiger partial charge in [0, 0.05) is 5.41 Å². The van der Waals surface area contributed by atoms with E-state index in [9.17, 15) is 4.79 Å². The number of carboxylic acids is 1. The van der Waals surface area contributed by atoms with Crippen molar-refractivity contribution in [2.75, 3.05) is 0 Å². The number of aromatic nitrogens is 2. The highest BCUT2D eigenvalue weighted by Crippen LogP contribution is 2.46. The van der Waals surface area contributed by atoms with Crippen LogP contribution >= 0.6 is 0 Å². The normalized spacial score (nSPS) is 30.4. The van der Waals surface area contributed by atoms with Crippen molar-refractivity contribution in [1.82, 2.24) is 10.1 Å². The summed E-state index contributed by atoms with van der Waals surface area (Å²) in [6.07, 6.45) is 2.17. The summed E-state index contributed by atoms with van der Waals surface area (Å²) in [6, 6.07) is 0. The Morgan fingerprint density at radius 2 is 2.24 bits per heavy atom. The maximum Gasteiger partial charge on any atom is 0.332 e. The topological polar surface area (TPSA) is 85.5 Å². The smallest absolute Gasteiger partial charge is 0.332 e. The van der Waals surface area contributed by atoms with Crippen LogP contribution in [0.25, 0.3) is 0 Å². The zero-order chi connectivity index (χ0) is 12.0. The van der Waals surface area contributed by atoms with E-state index in [1.807, 2.05) is 0 Å². The van der Waals surface area contributed by atoms with E-state index in [-0.39, 0.29) is 11.5 Å². The van der Waals surface area contributed by atoms with Gasteiger partial charge in [-0.05, 0) is 25.7 Å². The number of carbonyl (C=O) groups is 1. The summed E-state index contributed by atoms with van der Waals surface area (Å²) in [5.74, 6) is 0.202. The molecule has 17 heavy (non-hydrogen) atoms. The van der Waals surface area contributed by atoms with E-state index < -0.39 is 12.1 Å². The van der Waals surface area contributed by atoms with Gasteiger partial charge < -0.3 is 14.4 Å². The SMILES string of the molecule is CC1(c2noc(C3CCC(C(=O)O)O3)n2)CC1. The maximum atomic E-state index is 10.8. The largest absolute Gasteiger partial charge is 0.479 e. The molecule has 1 aliphatic heterocycles. The molecule has 1 N–H and O–H groups in total. The summed E-state index contributed by atoms with van der Waals surface area (Å²) >= 11 is 0. The van der Waals surface area contributed by atoms with Crippen molar-refractivity contribution in [3.63, 3.8) is 0 Å². The van der Waals surface area contributed by atoms with Crippen LogP contribution in [0.2, 0.25) is 0 Å². The van der Waals surface area contributed by atoms with Crippen molar-refractivity contribution in [2.45, 2.75) is 50.2 Å². The molecular formula is C11H14N2O4. The highest BCUT2D eigenvalue weighted by Gasteiger charge is 2.44. The monoisotopic (exact) mass is 238 g/mol. The third-order valence-corrected chi connectivity index (χ3v) is 3.55. The Labute approximate surface area is 98.0 Å². The highest BCUT2D eigenvalue weighted by molar-refractivity contribution is 5.72. The number of ether oxygens (including phenoxy) is 1. The molecule has 2 fully saturated rings. The summed E-state index contributed by atoms with van der Waals surface area (Å²) in [6.45, 7) is 2.09. The molecule has 3 rings (SSSR count). The molecule has 2 atom stereocenters. The first-order valence-corrected chi connectivity index (χ1v) is 5.81. The lowest BCUT2D eigenvalue weighted by molar-refractivity contribution is -0.150. The second-order valence-corrected chi connectivity index (χ2v) is 5.05. The Balaban J connectivity index is 1.73. The van der Waals surface area contributed by atoms with Crippen molar-refractivity contribution in [3.8, 4) is 0 Å². The molecular weight excluding hydrogens is 224 g/mol. The lowest BCUT2D eigenvalue weighted by Crippen LogP contribution is -2.18. The van der Waals surface area contributed by atoms with Gasteiger partial charge in [-0.3, -0.25) is 0 Å². The van der Waals surface area contributed by atoms with Crippen LogP contribution in [0, 0.1) is 0 Å². The standard InChI is InChI=1S/C11H14N2O4/c1-11(4-5-11)10-12-8(17-13-10)6-2-3-7(16-6)9(14)15/h6-7H,2-5H2,1H3,(H,14,15). The first-order chi connectivity index (χ1) is 8.08. The fourth-order valence-corrected chi connectivity index (χ4v) is 2.02. The van der Waals surface area contributed by atoms with Gasteiger partial charge in [0.15, 0.2) is 11.9 Å². The molecule has 0 amide bonds. The average Bonchev–Trinajstić information content (AvgIpc) is 2.78. The van der Waals surface area contributed by atoms with Gasteiger partial charge in [0.1, 0.15) is 6.10 Å². The van der Waals surface area contributed by atoms with E-state index in [1.165, 1.54) is 0 Å². The molecule has 1 aliphatic carbocycles. The summed E-state index contributed by atoms with van der Waals surface area (Å²) in [4.78, 5) is 15.1. The van der Waals surface area contributed by atoms with Crippen molar-refractivity contribution < 1.29 is 19.2 Å². The predicted molar refractivity (Wildman–Crippen MR) is 55.4 cm³/mol. The zero-order valence-corrected chi connectivity index (χ0v) is 9.55. The summed E-state index contributed by atoms with van der Waals surface area (Å²) in [5, 5.41) is 12.8. The molecule has 2 heterocycles. The molecule has 2 unspecified atom stereocenters. The molecule has 2 aliphatic rings. The van der Waals surface area contributed by atoms with Gasteiger partial charge in [0.2, 0.25) is 0 Å². The van der Waals surface area contributed by atoms with Crippen LogP contribution in [0.15, 0.2) is 4.52 Å². The van der Waals surface area contributed by atoms with Crippen LogP contribution < -0.4 is 0 Å². The number of hydrogen-bond donors (Lipinski definition) is 1. The average molecular weight is 238 g/mol. The van der Waals surface area contributed by atoms with Gasteiger partial charge in [-0.15, -0.1) is 0 Å². The minimum atomic E-state index is -0.929. The van der Waals surface area contributed by atoms with Crippen molar-refractivity contribution in [1.29, 1.82) is 0 Å². The Kier molecular flexibility index (Phi) is 2.22. The predicted octanol–water partition coefficient (Wildman–Crippen LogP) is 1.43. The Morgan fingerprint density at radius 3 is 2.82 bits per heavy atom. The van der Waals surface area contributed by atoms with Gasteiger partial charge in [-0.25, -0.2) is 4.79 Å². The Bertz CT molecular complexity index is 452. The number of carboxylic acid groups (broad SMARTS) is 1. The quantitative estimate of drug-likeness (QED) is 0.857. The van der Waals surface area contributed by atoms with E-state index in [2.05, 4.69) is 17.1 Å². The summed E-state index contributed by atoms with van der Waals surface area (Å²) in [5.41, 5.74) is 0.0621. The summed E-state index contributed by atoms with van der Waals surface area (Å²) in [7, 11) is 0. The second-order valence-electron chi connectivity index (χ2n) is 5.05. The molecule has 1 aromatic rings. The van der Waals surface area contributed by atoms with E-state index >= 15 is 0 Å². The molecule has 0 radical (unpaired) electrons. The van der Waals surface area contributed by atoms with Crippen molar-refractivity contribution in [3.05, 3.63) is 11.7 Å². The zero-order valence-electron chi connectivity index (χ0n) is 9.55. The van der Waals surface area contributed by atoms with E-state index in [4.69, 9.17) is 14.4 Å². The van der Waals surface area contributed by atoms with Crippen LogP contribution in [-0.4, -0.2) is 27.3 Å². The third kappa shape index (κ3) is 1.82. The van der Waals surface area contributed by atoms with E-state index in [0.717, 1.165) is 18.7 Å². The van der Waals surface area contributed by atoms with Gasteiger partial charge in [-0.1, -0.05) is 12.1 Å². The minimum Gasteiger partial charge on any atom is -0.479 e. The maximum absolute atomic E-state index is 10.8. The number of hydrogen-bond acceptors (Lipinski definition) is 5. The fourth-order valence-electron chi connectivity index (χ4n) is 2.02. The van der Waals surface area contributed by atoms with Crippen molar-refractivity contribution in [2.24, 2.45) is 0 Å². The van der Waals surface area contributed by atoms with E-state index in [1.54, 1.807) is 0 Å². The molecule has 0 bridgehead atoms. The van der Waals surface area contributed by atoms with Crippen LogP contribution in [0.4, 0.5) is 0 Å². The van der Waals surface area contributed by atoms with Crippen LogP contribution in [-0.2, 0) is 14.9 Å². The molecule has 1 aromatic heterocycles. The van der Waals surface area contributed by atoms with Crippen LogP contribution in [0.5, 0.6) is 0 Å². The Hall–Kier alpha value is -1.43. The van der Waals surface area contributed by atoms with Gasteiger partial charge >= 0.3 is 5.97 Å². The second kappa shape index (κ2) is 3.53. The number of rotatable bonds is 3. The molecule has 1 saturated carbocycles. The number of nitrogens with zero attached hydrogens (tertiary/aromatic N) is 2. The fraction of sp³-hybridized carbons (Fsp3) is 0.727. The molecule has 0 spiro atoms. The lowest BCUT2D eigenvalue weighted by atomic mass is 10.1. The lowest BCUT2D eigenvalue weighted by Gasteiger charge is -2.05. The highest BCUT2D eigenvalue weighted by atomic mass is 16.5. The van der Waals surface area contributed by atoms with Gasteiger partial charge in [-0.2, -0.15) is 4.98 Å². The molecule has 6 heteroatoms. The molecule has 0 aromatic carbocycles. The summed E-state index contributed by atoms with van der Waals surface area (Å²) < 4.78 is 10.5.